The maximum atomic E-state index is 3.89. The SMILES string of the molecule is CCN(CC)Cc1cc(C)ccc1-c1[nH]c2cccc(-c3ccccc3C)c2c1-c1ccccc1C. The summed E-state index contributed by atoms with van der Waals surface area (Å²) in [6.07, 6.45) is 0. The van der Waals surface area contributed by atoms with Crippen LogP contribution in [0.15, 0.2) is 84.9 Å². The number of aryl methyl sites for hydroxylation is 3. The van der Waals surface area contributed by atoms with Crippen LogP contribution in [0, 0.1) is 20.8 Å². The summed E-state index contributed by atoms with van der Waals surface area (Å²) in [4.78, 5) is 6.38. The number of fused-ring (bicyclic) bond motifs is 1. The predicted molar refractivity (Wildman–Crippen MR) is 155 cm³/mol. The molecule has 0 aliphatic heterocycles. The fraction of sp³-hybridized carbons (Fsp3) is 0.235. The van der Waals surface area contributed by atoms with Gasteiger partial charge in [0.25, 0.3) is 0 Å². The van der Waals surface area contributed by atoms with Gasteiger partial charge in [0, 0.05) is 28.6 Å². The van der Waals surface area contributed by atoms with Gasteiger partial charge < -0.3 is 4.98 Å². The molecular weight excluding hydrogens is 436 g/mol. The van der Waals surface area contributed by atoms with E-state index in [0.29, 0.717) is 0 Å². The van der Waals surface area contributed by atoms with Crippen molar-refractivity contribution in [1.29, 1.82) is 0 Å². The summed E-state index contributed by atoms with van der Waals surface area (Å²) in [5.74, 6) is 0. The Balaban J connectivity index is 1.86. The van der Waals surface area contributed by atoms with E-state index >= 15 is 0 Å². The maximum Gasteiger partial charge on any atom is 0.0548 e. The van der Waals surface area contributed by atoms with Crippen LogP contribution < -0.4 is 0 Å². The zero-order chi connectivity index (χ0) is 25.2. The van der Waals surface area contributed by atoms with Crippen molar-refractivity contribution in [3.8, 4) is 33.5 Å². The van der Waals surface area contributed by atoms with Crippen LogP contribution in [0.5, 0.6) is 0 Å². The van der Waals surface area contributed by atoms with E-state index in [1.165, 1.54) is 66.7 Å². The lowest BCUT2D eigenvalue weighted by molar-refractivity contribution is 0.296. The molecule has 5 rings (SSSR count). The number of nitrogens with one attached hydrogen (secondary N) is 1. The second kappa shape index (κ2) is 10.2. The van der Waals surface area contributed by atoms with Crippen molar-refractivity contribution in [3.05, 3.63) is 107 Å². The molecule has 5 aromatic rings. The predicted octanol–water partition coefficient (Wildman–Crippen LogP) is 8.94. The minimum Gasteiger partial charge on any atom is -0.354 e. The number of nitrogens with zero attached hydrogens (tertiary/aromatic N) is 1. The van der Waals surface area contributed by atoms with E-state index in [0.717, 1.165) is 19.6 Å². The van der Waals surface area contributed by atoms with Gasteiger partial charge in [-0.3, -0.25) is 4.90 Å². The minimum atomic E-state index is 0.942. The van der Waals surface area contributed by atoms with Crippen LogP contribution in [0.2, 0.25) is 0 Å². The number of benzene rings is 4. The molecular formula is C34H36N2. The van der Waals surface area contributed by atoms with Crippen molar-refractivity contribution < 1.29 is 0 Å². The smallest absolute Gasteiger partial charge is 0.0548 e. The van der Waals surface area contributed by atoms with Gasteiger partial charge in [-0.05, 0) is 73.3 Å². The highest BCUT2D eigenvalue weighted by Crippen LogP contribution is 2.45. The lowest BCUT2D eigenvalue weighted by atomic mass is 9.89. The Morgan fingerprint density at radius 3 is 1.94 bits per heavy atom. The summed E-state index contributed by atoms with van der Waals surface area (Å²) < 4.78 is 0. The third-order valence-corrected chi connectivity index (χ3v) is 7.49. The average Bonchev–Trinajstić information content (AvgIpc) is 3.27. The van der Waals surface area contributed by atoms with Gasteiger partial charge in [0.15, 0.2) is 0 Å². The first-order valence-electron chi connectivity index (χ1n) is 13.1. The van der Waals surface area contributed by atoms with Gasteiger partial charge in [0.1, 0.15) is 0 Å². The van der Waals surface area contributed by atoms with Crippen molar-refractivity contribution in [2.45, 2.75) is 41.2 Å². The lowest BCUT2D eigenvalue weighted by Crippen LogP contribution is -2.22. The van der Waals surface area contributed by atoms with Crippen LogP contribution in [0.4, 0.5) is 0 Å². The molecule has 0 aliphatic rings. The van der Waals surface area contributed by atoms with Crippen LogP contribution >= 0.6 is 0 Å². The summed E-state index contributed by atoms with van der Waals surface area (Å²) in [7, 11) is 0. The molecule has 4 aromatic carbocycles. The normalized spacial score (nSPS) is 11.5. The number of aromatic amines is 1. The molecule has 182 valence electrons. The summed E-state index contributed by atoms with van der Waals surface area (Å²) in [6, 6.07) is 31.1. The minimum absolute atomic E-state index is 0.942. The Morgan fingerprint density at radius 1 is 0.639 bits per heavy atom. The first-order valence-corrected chi connectivity index (χ1v) is 13.1. The molecule has 2 nitrogen and oxygen atoms in total. The van der Waals surface area contributed by atoms with Crippen LogP contribution in [0.25, 0.3) is 44.4 Å². The molecule has 0 amide bonds. The first-order chi connectivity index (χ1) is 17.5. The lowest BCUT2D eigenvalue weighted by Gasteiger charge is -2.21. The van der Waals surface area contributed by atoms with Crippen LogP contribution in [0.3, 0.4) is 0 Å². The van der Waals surface area contributed by atoms with Crippen molar-refractivity contribution in [2.75, 3.05) is 13.1 Å². The second-order valence-corrected chi connectivity index (χ2v) is 9.85. The number of hydrogen-bond acceptors (Lipinski definition) is 1. The Kier molecular flexibility index (Phi) is 6.80. The molecule has 36 heavy (non-hydrogen) atoms. The van der Waals surface area contributed by atoms with Gasteiger partial charge in [-0.25, -0.2) is 0 Å². The molecule has 0 bridgehead atoms. The highest BCUT2D eigenvalue weighted by Gasteiger charge is 2.22. The van der Waals surface area contributed by atoms with Crippen molar-refractivity contribution in [2.24, 2.45) is 0 Å². The standard InChI is InChI=1S/C34H36N2/c1-6-36(7-2)22-26-21-23(3)19-20-29(26)34-33(28-16-11-9-14-25(28)5)32-30(17-12-18-31(32)35-34)27-15-10-8-13-24(27)4/h8-21,35H,6-7,22H2,1-5H3. The molecule has 2 heteroatoms. The quantitative estimate of drug-likeness (QED) is 0.250. The topological polar surface area (TPSA) is 19.0 Å². The zero-order valence-corrected chi connectivity index (χ0v) is 22.2. The van der Waals surface area contributed by atoms with E-state index in [1.54, 1.807) is 0 Å². The second-order valence-electron chi connectivity index (χ2n) is 9.85. The third-order valence-electron chi connectivity index (χ3n) is 7.49. The van der Waals surface area contributed by atoms with Gasteiger partial charge in [-0.15, -0.1) is 0 Å². The summed E-state index contributed by atoms with van der Waals surface area (Å²) in [5.41, 5.74) is 14.1. The molecule has 1 N–H and O–H groups in total. The highest BCUT2D eigenvalue weighted by molar-refractivity contribution is 6.11. The maximum absolute atomic E-state index is 3.89. The fourth-order valence-corrected chi connectivity index (χ4v) is 5.46. The van der Waals surface area contributed by atoms with Crippen molar-refractivity contribution >= 4 is 10.9 Å². The van der Waals surface area contributed by atoms with E-state index in [9.17, 15) is 0 Å². The largest absolute Gasteiger partial charge is 0.354 e. The van der Waals surface area contributed by atoms with E-state index < -0.39 is 0 Å². The van der Waals surface area contributed by atoms with E-state index in [4.69, 9.17) is 0 Å². The Hall–Kier alpha value is -3.62. The Labute approximate surface area is 215 Å². The van der Waals surface area contributed by atoms with Gasteiger partial charge in [0.05, 0.1) is 5.69 Å². The van der Waals surface area contributed by atoms with Crippen molar-refractivity contribution in [1.82, 2.24) is 9.88 Å². The molecule has 0 atom stereocenters. The number of rotatable bonds is 7. The molecule has 0 saturated carbocycles. The molecule has 0 fully saturated rings. The number of aromatic nitrogens is 1. The summed E-state index contributed by atoms with van der Waals surface area (Å²) in [6.45, 7) is 14.1. The molecule has 0 aliphatic carbocycles. The van der Waals surface area contributed by atoms with Crippen LogP contribution in [0.1, 0.15) is 36.1 Å². The van der Waals surface area contributed by atoms with Crippen molar-refractivity contribution in [3.63, 3.8) is 0 Å². The van der Waals surface area contributed by atoms with E-state index in [2.05, 4.69) is 129 Å². The van der Waals surface area contributed by atoms with Gasteiger partial charge in [0.2, 0.25) is 0 Å². The highest BCUT2D eigenvalue weighted by atomic mass is 15.1. The van der Waals surface area contributed by atoms with E-state index in [1.807, 2.05) is 0 Å². The molecule has 1 aromatic heterocycles. The monoisotopic (exact) mass is 472 g/mol. The van der Waals surface area contributed by atoms with Gasteiger partial charge in [-0.1, -0.05) is 98.3 Å². The zero-order valence-electron chi connectivity index (χ0n) is 22.2. The number of hydrogen-bond donors (Lipinski definition) is 1. The van der Waals surface area contributed by atoms with Gasteiger partial charge >= 0.3 is 0 Å². The fourth-order valence-electron chi connectivity index (χ4n) is 5.46. The van der Waals surface area contributed by atoms with Crippen LogP contribution in [-0.4, -0.2) is 23.0 Å². The molecule has 0 radical (unpaired) electrons. The van der Waals surface area contributed by atoms with Crippen LogP contribution in [-0.2, 0) is 6.54 Å². The third kappa shape index (κ3) is 4.38. The Bertz CT molecular complexity index is 1520. The molecule has 0 saturated heterocycles. The number of H-pyrrole nitrogens is 1. The first kappa shape index (κ1) is 24.1. The van der Waals surface area contributed by atoms with Gasteiger partial charge in [-0.2, -0.15) is 0 Å². The summed E-state index contributed by atoms with van der Waals surface area (Å²) >= 11 is 0. The van der Waals surface area contributed by atoms with E-state index in [-0.39, 0.29) is 0 Å². The summed E-state index contributed by atoms with van der Waals surface area (Å²) in [5, 5.41) is 1.30. The Morgan fingerprint density at radius 2 is 1.28 bits per heavy atom. The molecule has 1 heterocycles. The molecule has 0 spiro atoms. The molecule has 0 unspecified atom stereocenters. The average molecular weight is 473 g/mol.